The van der Waals surface area contributed by atoms with E-state index in [1.807, 2.05) is 24.3 Å². The third-order valence-electron chi connectivity index (χ3n) is 2.70. The standard InChI is InChI=1S/C12H11N5O/c13-11-7-9(15-16-11)8-3-1-2-4-10(8)17-6-5-14-12(17)18/h1-7H,(H,14,18)(H3,13,15,16). The van der Waals surface area contributed by atoms with Gasteiger partial charge in [0.1, 0.15) is 5.82 Å². The average Bonchev–Trinajstić information content (AvgIpc) is 2.98. The van der Waals surface area contributed by atoms with Crippen LogP contribution in [0.2, 0.25) is 0 Å². The number of aromatic amines is 2. The highest BCUT2D eigenvalue weighted by Gasteiger charge is 2.09. The van der Waals surface area contributed by atoms with Gasteiger partial charge in [-0.3, -0.25) is 9.67 Å². The number of nitrogens with one attached hydrogen (secondary N) is 2. The van der Waals surface area contributed by atoms with Crippen LogP contribution in [-0.2, 0) is 0 Å². The molecule has 0 saturated carbocycles. The van der Waals surface area contributed by atoms with Crippen LogP contribution in [0.4, 0.5) is 5.82 Å². The van der Waals surface area contributed by atoms with Crippen molar-refractivity contribution in [1.29, 1.82) is 0 Å². The van der Waals surface area contributed by atoms with Crippen LogP contribution in [0.5, 0.6) is 0 Å². The molecule has 6 nitrogen and oxygen atoms in total. The van der Waals surface area contributed by atoms with Gasteiger partial charge in [-0.05, 0) is 6.07 Å². The van der Waals surface area contributed by atoms with Crippen LogP contribution in [-0.4, -0.2) is 19.7 Å². The molecule has 0 saturated heterocycles. The Morgan fingerprint density at radius 2 is 2.11 bits per heavy atom. The van der Waals surface area contributed by atoms with Gasteiger partial charge in [-0.25, -0.2) is 4.79 Å². The first-order valence-electron chi connectivity index (χ1n) is 5.42. The number of hydrogen-bond acceptors (Lipinski definition) is 3. The van der Waals surface area contributed by atoms with E-state index < -0.39 is 0 Å². The van der Waals surface area contributed by atoms with Crippen LogP contribution < -0.4 is 11.4 Å². The van der Waals surface area contributed by atoms with Gasteiger partial charge in [-0.1, -0.05) is 18.2 Å². The summed E-state index contributed by atoms with van der Waals surface area (Å²) in [6.45, 7) is 0. The number of para-hydroxylation sites is 1. The van der Waals surface area contributed by atoms with Gasteiger partial charge in [0.15, 0.2) is 0 Å². The molecule has 0 aliphatic heterocycles. The lowest BCUT2D eigenvalue weighted by Gasteiger charge is -2.07. The first-order valence-corrected chi connectivity index (χ1v) is 5.42. The van der Waals surface area contributed by atoms with Gasteiger partial charge in [-0.2, -0.15) is 5.10 Å². The summed E-state index contributed by atoms with van der Waals surface area (Å²) in [7, 11) is 0. The van der Waals surface area contributed by atoms with Gasteiger partial charge < -0.3 is 10.7 Å². The molecule has 0 atom stereocenters. The average molecular weight is 241 g/mol. The zero-order valence-electron chi connectivity index (χ0n) is 9.42. The van der Waals surface area contributed by atoms with Crippen LogP contribution in [0.15, 0.2) is 47.5 Å². The van der Waals surface area contributed by atoms with E-state index in [9.17, 15) is 4.79 Å². The smallest absolute Gasteiger partial charge is 0.330 e. The number of nitrogens with zero attached hydrogens (tertiary/aromatic N) is 2. The minimum absolute atomic E-state index is 0.185. The minimum Gasteiger partial charge on any atom is -0.382 e. The number of rotatable bonds is 2. The second kappa shape index (κ2) is 3.92. The molecule has 6 heteroatoms. The van der Waals surface area contributed by atoms with E-state index in [0.29, 0.717) is 5.82 Å². The van der Waals surface area contributed by atoms with E-state index in [1.54, 1.807) is 18.5 Å². The molecule has 0 radical (unpaired) electrons. The van der Waals surface area contributed by atoms with E-state index in [-0.39, 0.29) is 5.69 Å². The summed E-state index contributed by atoms with van der Waals surface area (Å²) in [5.41, 5.74) is 7.82. The summed E-state index contributed by atoms with van der Waals surface area (Å²) in [6, 6.07) is 9.27. The van der Waals surface area contributed by atoms with Gasteiger partial charge in [-0.15, -0.1) is 0 Å². The Labute approximate surface area is 102 Å². The molecule has 1 aromatic carbocycles. The molecule has 90 valence electrons. The number of nitrogen functional groups attached to an aromatic ring is 1. The summed E-state index contributed by atoms with van der Waals surface area (Å²) >= 11 is 0. The van der Waals surface area contributed by atoms with Crippen molar-refractivity contribution < 1.29 is 0 Å². The lowest BCUT2D eigenvalue weighted by atomic mass is 10.1. The number of anilines is 1. The molecule has 4 N–H and O–H groups in total. The number of H-pyrrole nitrogens is 2. The Kier molecular flexibility index (Phi) is 2.26. The minimum atomic E-state index is -0.185. The van der Waals surface area contributed by atoms with Gasteiger partial charge >= 0.3 is 5.69 Å². The maximum Gasteiger partial charge on any atom is 0.330 e. The summed E-state index contributed by atoms with van der Waals surface area (Å²) in [5, 5.41) is 6.74. The molecule has 2 aromatic heterocycles. The Bertz CT molecular complexity index is 737. The maximum absolute atomic E-state index is 11.7. The molecule has 0 spiro atoms. The topological polar surface area (TPSA) is 92.5 Å². The van der Waals surface area contributed by atoms with Crippen molar-refractivity contribution in [1.82, 2.24) is 19.7 Å². The zero-order valence-corrected chi connectivity index (χ0v) is 9.42. The Hall–Kier alpha value is -2.76. The normalized spacial score (nSPS) is 10.7. The molecule has 0 fully saturated rings. The summed E-state index contributed by atoms with van der Waals surface area (Å²) in [5.74, 6) is 0.418. The number of nitrogens with two attached hydrogens (primary N) is 1. The lowest BCUT2D eigenvalue weighted by molar-refractivity contribution is 0.986. The van der Waals surface area contributed by atoms with Crippen LogP contribution in [0.25, 0.3) is 16.9 Å². The number of imidazole rings is 1. The van der Waals surface area contributed by atoms with Crippen LogP contribution in [0.3, 0.4) is 0 Å². The molecular formula is C12H11N5O. The van der Waals surface area contributed by atoms with E-state index in [1.165, 1.54) is 4.57 Å². The molecule has 0 aliphatic carbocycles. The van der Waals surface area contributed by atoms with Gasteiger partial charge in [0.05, 0.1) is 11.4 Å². The first-order chi connectivity index (χ1) is 8.75. The van der Waals surface area contributed by atoms with Crippen LogP contribution in [0, 0.1) is 0 Å². The third-order valence-corrected chi connectivity index (χ3v) is 2.70. The lowest BCUT2D eigenvalue weighted by Crippen LogP contribution is -2.14. The summed E-state index contributed by atoms with van der Waals surface area (Å²) < 4.78 is 1.53. The van der Waals surface area contributed by atoms with E-state index >= 15 is 0 Å². The fourth-order valence-corrected chi connectivity index (χ4v) is 1.90. The van der Waals surface area contributed by atoms with Gasteiger partial charge in [0.25, 0.3) is 0 Å². The van der Waals surface area contributed by atoms with Crippen molar-refractivity contribution in [3.63, 3.8) is 0 Å². The van der Waals surface area contributed by atoms with Crippen molar-refractivity contribution in [2.75, 3.05) is 5.73 Å². The second-order valence-corrected chi connectivity index (χ2v) is 3.86. The molecule has 18 heavy (non-hydrogen) atoms. The number of hydrogen-bond donors (Lipinski definition) is 3. The molecule has 0 amide bonds. The molecule has 0 unspecified atom stereocenters. The highest BCUT2D eigenvalue weighted by molar-refractivity contribution is 5.71. The van der Waals surface area contributed by atoms with Crippen LogP contribution in [0.1, 0.15) is 0 Å². The van der Waals surface area contributed by atoms with Crippen molar-refractivity contribution in [3.8, 4) is 16.9 Å². The highest BCUT2D eigenvalue weighted by atomic mass is 16.1. The second-order valence-electron chi connectivity index (χ2n) is 3.86. The van der Waals surface area contributed by atoms with E-state index in [4.69, 9.17) is 5.73 Å². The maximum atomic E-state index is 11.7. The first kappa shape index (κ1) is 10.4. The third kappa shape index (κ3) is 1.60. The molecule has 2 heterocycles. The van der Waals surface area contributed by atoms with Crippen LogP contribution >= 0.6 is 0 Å². The molecule has 0 aliphatic rings. The summed E-state index contributed by atoms with van der Waals surface area (Å²) in [6.07, 6.45) is 3.28. The Balaban J connectivity index is 2.23. The van der Waals surface area contributed by atoms with Crippen molar-refractivity contribution in [2.45, 2.75) is 0 Å². The highest BCUT2D eigenvalue weighted by Crippen LogP contribution is 2.24. The van der Waals surface area contributed by atoms with Crippen molar-refractivity contribution in [2.24, 2.45) is 0 Å². The van der Waals surface area contributed by atoms with Gasteiger partial charge in [0, 0.05) is 24.0 Å². The quantitative estimate of drug-likeness (QED) is 0.628. The Morgan fingerprint density at radius 1 is 1.28 bits per heavy atom. The van der Waals surface area contributed by atoms with E-state index in [0.717, 1.165) is 16.9 Å². The fraction of sp³-hybridized carbons (Fsp3) is 0. The Morgan fingerprint density at radius 3 is 2.78 bits per heavy atom. The van der Waals surface area contributed by atoms with Crippen molar-refractivity contribution in [3.05, 3.63) is 53.2 Å². The summed E-state index contributed by atoms with van der Waals surface area (Å²) in [4.78, 5) is 14.3. The molecular weight excluding hydrogens is 230 g/mol. The predicted octanol–water partition coefficient (Wildman–Crippen LogP) is 1.14. The van der Waals surface area contributed by atoms with Crippen molar-refractivity contribution >= 4 is 5.82 Å². The number of aromatic nitrogens is 4. The largest absolute Gasteiger partial charge is 0.382 e. The van der Waals surface area contributed by atoms with Gasteiger partial charge in [0.2, 0.25) is 0 Å². The molecule has 3 aromatic rings. The molecule has 0 bridgehead atoms. The number of benzene rings is 1. The molecule has 3 rings (SSSR count). The van der Waals surface area contributed by atoms with E-state index in [2.05, 4.69) is 15.2 Å². The SMILES string of the molecule is Nc1cc(-c2ccccc2-n2cc[nH]c2=O)[nH]n1. The predicted molar refractivity (Wildman–Crippen MR) is 68.4 cm³/mol. The zero-order chi connectivity index (χ0) is 12.5. The monoisotopic (exact) mass is 241 g/mol. The fourth-order valence-electron chi connectivity index (χ4n) is 1.90.